The van der Waals surface area contributed by atoms with Crippen molar-refractivity contribution in [3.63, 3.8) is 0 Å². The standard InChI is InChI=1S/C16H25N3O2/c1-2-15(20)18-13-8-7-9-14(12-13)19-16(21)10-5-3-4-6-11-17/h7-9,12H,2-6,10-11,17H2,1H3,(H,18,20)(H,19,21). The van der Waals surface area contributed by atoms with Crippen LogP contribution in [0.3, 0.4) is 0 Å². The van der Waals surface area contributed by atoms with Crippen LogP contribution in [0.2, 0.25) is 0 Å². The van der Waals surface area contributed by atoms with Crippen LogP contribution in [0.4, 0.5) is 11.4 Å². The Morgan fingerprint density at radius 1 is 1.00 bits per heavy atom. The lowest BCUT2D eigenvalue weighted by Gasteiger charge is -2.08. The molecule has 21 heavy (non-hydrogen) atoms. The molecule has 0 saturated carbocycles. The predicted molar refractivity (Wildman–Crippen MR) is 86.1 cm³/mol. The van der Waals surface area contributed by atoms with Gasteiger partial charge < -0.3 is 16.4 Å². The molecule has 2 amide bonds. The van der Waals surface area contributed by atoms with Gasteiger partial charge in [0, 0.05) is 24.2 Å². The van der Waals surface area contributed by atoms with Gasteiger partial charge in [0.05, 0.1) is 0 Å². The molecule has 0 aromatic heterocycles. The summed E-state index contributed by atoms with van der Waals surface area (Å²) >= 11 is 0. The SMILES string of the molecule is CCC(=O)Nc1cccc(NC(=O)CCCCCCN)c1. The molecule has 0 atom stereocenters. The first-order valence-corrected chi connectivity index (χ1v) is 7.55. The van der Waals surface area contributed by atoms with Crippen molar-refractivity contribution in [2.24, 2.45) is 5.73 Å². The van der Waals surface area contributed by atoms with E-state index < -0.39 is 0 Å². The Labute approximate surface area is 126 Å². The number of hydrogen-bond acceptors (Lipinski definition) is 3. The molecular weight excluding hydrogens is 266 g/mol. The van der Waals surface area contributed by atoms with Gasteiger partial charge in [0.25, 0.3) is 0 Å². The summed E-state index contributed by atoms with van der Waals surface area (Å²) in [6, 6.07) is 7.19. The van der Waals surface area contributed by atoms with Crippen molar-refractivity contribution in [2.75, 3.05) is 17.2 Å². The molecule has 0 unspecified atom stereocenters. The van der Waals surface area contributed by atoms with E-state index in [4.69, 9.17) is 5.73 Å². The van der Waals surface area contributed by atoms with E-state index in [-0.39, 0.29) is 11.8 Å². The van der Waals surface area contributed by atoms with Crippen molar-refractivity contribution in [1.29, 1.82) is 0 Å². The fraction of sp³-hybridized carbons (Fsp3) is 0.500. The third-order valence-corrected chi connectivity index (χ3v) is 3.11. The molecule has 0 radical (unpaired) electrons. The molecule has 1 rings (SSSR count). The maximum Gasteiger partial charge on any atom is 0.224 e. The molecule has 0 bridgehead atoms. The van der Waals surface area contributed by atoms with Crippen molar-refractivity contribution in [3.05, 3.63) is 24.3 Å². The number of hydrogen-bond donors (Lipinski definition) is 3. The van der Waals surface area contributed by atoms with E-state index in [1.165, 1.54) is 0 Å². The smallest absolute Gasteiger partial charge is 0.224 e. The van der Waals surface area contributed by atoms with Crippen molar-refractivity contribution >= 4 is 23.2 Å². The minimum atomic E-state index is -0.0432. The third kappa shape index (κ3) is 7.46. The van der Waals surface area contributed by atoms with Crippen molar-refractivity contribution < 1.29 is 9.59 Å². The monoisotopic (exact) mass is 291 g/mol. The highest BCUT2D eigenvalue weighted by Crippen LogP contribution is 2.16. The molecule has 5 heteroatoms. The van der Waals surface area contributed by atoms with Crippen LogP contribution >= 0.6 is 0 Å². The Hall–Kier alpha value is -1.88. The van der Waals surface area contributed by atoms with E-state index in [0.717, 1.165) is 25.7 Å². The molecule has 0 fully saturated rings. The summed E-state index contributed by atoms with van der Waals surface area (Å²) in [6.45, 7) is 2.51. The third-order valence-electron chi connectivity index (χ3n) is 3.11. The predicted octanol–water partition coefficient (Wildman–Crippen LogP) is 2.88. The molecule has 1 aromatic rings. The maximum atomic E-state index is 11.8. The maximum absolute atomic E-state index is 11.8. The van der Waals surface area contributed by atoms with Gasteiger partial charge >= 0.3 is 0 Å². The number of benzene rings is 1. The van der Waals surface area contributed by atoms with E-state index in [1.54, 1.807) is 19.1 Å². The first-order valence-electron chi connectivity index (χ1n) is 7.55. The van der Waals surface area contributed by atoms with Crippen molar-refractivity contribution in [3.8, 4) is 0 Å². The first-order chi connectivity index (χ1) is 10.2. The molecule has 0 aliphatic heterocycles. The molecule has 0 aliphatic carbocycles. The van der Waals surface area contributed by atoms with Gasteiger partial charge in [-0.25, -0.2) is 0 Å². The zero-order valence-electron chi connectivity index (χ0n) is 12.7. The lowest BCUT2D eigenvalue weighted by atomic mass is 10.1. The second-order valence-electron chi connectivity index (χ2n) is 4.98. The number of carbonyl (C=O) groups is 2. The quantitative estimate of drug-likeness (QED) is 0.612. The fourth-order valence-corrected chi connectivity index (χ4v) is 1.93. The minimum Gasteiger partial charge on any atom is -0.330 e. The topological polar surface area (TPSA) is 84.2 Å². The summed E-state index contributed by atoms with van der Waals surface area (Å²) in [5, 5.41) is 5.62. The summed E-state index contributed by atoms with van der Waals surface area (Å²) in [5.74, 6) is -0.0416. The summed E-state index contributed by atoms with van der Waals surface area (Å²) in [7, 11) is 0. The molecule has 5 nitrogen and oxygen atoms in total. The molecule has 4 N–H and O–H groups in total. The Morgan fingerprint density at radius 2 is 1.62 bits per heavy atom. The average molecular weight is 291 g/mol. The molecular formula is C16H25N3O2. The fourth-order valence-electron chi connectivity index (χ4n) is 1.93. The molecule has 116 valence electrons. The lowest BCUT2D eigenvalue weighted by molar-refractivity contribution is -0.116. The summed E-state index contributed by atoms with van der Waals surface area (Å²) in [4.78, 5) is 23.1. The van der Waals surface area contributed by atoms with Gasteiger partial charge in [0.1, 0.15) is 0 Å². The van der Waals surface area contributed by atoms with Gasteiger partial charge in [-0.1, -0.05) is 25.8 Å². The molecule has 0 aliphatic rings. The van der Waals surface area contributed by atoms with Crippen LogP contribution in [-0.4, -0.2) is 18.4 Å². The van der Waals surface area contributed by atoms with Gasteiger partial charge in [-0.2, -0.15) is 0 Å². The summed E-state index contributed by atoms with van der Waals surface area (Å²) in [6.07, 6.45) is 4.92. The minimum absolute atomic E-state index is 0.00159. The molecule has 1 aromatic carbocycles. The largest absolute Gasteiger partial charge is 0.330 e. The highest BCUT2D eigenvalue weighted by molar-refractivity contribution is 5.93. The Balaban J connectivity index is 2.38. The van der Waals surface area contributed by atoms with E-state index in [9.17, 15) is 9.59 Å². The summed E-state index contributed by atoms with van der Waals surface area (Å²) in [5.41, 5.74) is 6.82. The number of nitrogens with two attached hydrogens (primary N) is 1. The van der Waals surface area contributed by atoms with Crippen molar-refractivity contribution in [1.82, 2.24) is 0 Å². The van der Waals surface area contributed by atoms with Crippen LogP contribution in [0, 0.1) is 0 Å². The van der Waals surface area contributed by atoms with Crippen LogP contribution in [0.5, 0.6) is 0 Å². The van der Waals surface area contributed by atoms with Crippen LogP contribution in [0.25, 0.3) is 0 Å². The van der Waals surface area contributed by atoms with Crippen LogP contribution in [-0.2, 0) is 9.59 Å². The Bertz CT molecular complexity index is 461. The zero-order chi connectivity index (χ0) is 15.5. The van der Waals surface area contributed by atoms with Gasteiger partial charge in [0.2, 0.25) is 11.8 Å². The number of nitrogens with one attached hydrogen (secondary N) is 2. The highest BCUT2D eigenvalue weighted by atomic mass is 16.2. The zero-order valence-corrected chi connectivity index (χ0v) is 12.7. The number of carbonyl (C=O) groups excluding carboxylic acids is 2. The number of amides is 2. The first kappa shape index (κ1) is 17.2. The summed E-state index contributed by atoms with van der Waals surface area (Å²) < 4.78 is 0. The van der Waals surface area contributed by atoms with E-state index in [1.807, 2.05) is 12.1 Å². The van der Waals surface area contributed by atoms with Gasteiger partial charge in [-0.3, -0.25) is 9.59 Å². The van der Waals surface area contributed by atoms with Gasteiger partial charge in [-0.05, 0) is 37.6 Å². The van der Waals surface area contributed by atoms with Crippen molar-refractivity contribution in [2.45, 2.75) is 45.4 Å². The highest BCUT2D eigenvalue weighted by Gasteiger charge is 2.04. The normalized spacial score (nSPS) is 10.2. The molecule has 0 saturated heterocycles. The molecule has 0 heterocycles. The van der Waals surface area contributed by atoms with Crippen LogP contribution in [0.15, 0.2) is 24.3 Å². The second kappa shape index (κ2) is 9.94. The Kier molecular flexibility index (Phi) is 8.12. The second-order valence-corrected chi connectivity index (χ2v) is 4.98. The van der Waals surface area contributed by atoms with Gasteiger partial charge in [-0.15, -0.1) is 0 Å². The number of anilines is 2. The van der Waals surface area contributed by atoms with Crippen LogP contribution in [0.1, 0.15) is 45.4 Å². The van der Waals surface area contributed by atoms with E-state index in [0.29, 0.717) is 30.8 Å². The lowest BCUT2D eigenvalue weighted by Crippen LogP contribution is -2.12. The molecule has 0 spiro atoms. The van der Waals surface area contributed by atoms with E-state index >= 15 is 0 Å². The number of unbranched alkanes of at least 4 members (excludes halogenated alkanes) is 3. The van der Waals surface area contributed by atoms with E-state index in [2.05, 4.69) is 10.6 Å². The average Bonchev–Trinajstić information content (AvgIpc) is 2.47. The van der Waals surface area contributed by atoms with Gasteiger partial charge in [0.15, 0.2) is 0 Å². The Morgan fingerprint density at radius 3 is 2.24 bits per heavy atom. The number of rotatable bonds is 9. The van der Waals surface area contributed by atoms with Crippen LogP contribution < -0.4 is 16.4 Å².